The Kier molecular flexibility index (Phi) is 6.40. The van der Waals surface area contributed by atoms with Crippen molar-refractivity contribution in [1.29, 1.82) is 5.26 Å². The van der Waals surface area contributed by atoms with E-state index in [9.17, 15) is 9.59 Å². The van der Waals surface area contributed by atoms with Crippen LogP contribution in [0.2, 0.25) is 10.0 Å². The van der Waals surface area contributed by atoms with Gasteiger partial charge in [-0.2, -0.15) is 5.26 Å². The largest absolute Gasteiger partial charge is 0.326 e. The van der Waals surface area contributed by atoms with Crippen LogP contribution in [-0.4, -0.2) is 18.4 Å². The molecule has 128 valence electrons. The maximum Gasteiger partial charge on any atom is 0.226 e. The zero-order valence-electron chi connectivity index (χ0n) is 13.4. The third kappa shape index (κ3) is 5.21. The summed E-state index contributed by atoms with van der Waals surface area (Å²) in [5.41, 5.74) is 1.56. The number of nitrogens with zero attached hydrogens (tertiary/aromatic N) is 2. The molecule has 0 radical (unpaired) electrons. The van der Waals surface area contributed by atoms with E-state index < -0.39 is 0 Å². The van der Waals surface area contributed by atoms with Gasteiger partial charge in [-0.05, 0) is 42.5 Å². The van der Waals surface area contributed by atoms with Crippen LogP contribution in [0.5, 0.6) is 0 Å². The van der Waals surface area contributed by atoms with E-state index in [2.05, 4.69) is 5.32 Å². The van der Waals surface area contributed by atoms with Crippen molar-refractivity contribution in [3.8, 4) is 6.07 Å². The molecule has 0 bridgehead atoms. The minimum absolute atomic E-state index is 0.0857. The monoisotopic (exact) mass is 375 g/mol. The molecule has 2 amide bonds. The molecule has 0 aliphatic heterocycles. The molecule has 0 spiro atoms. The van der Waals surface area contributed by atoms with E-state index >= 15 is 0 Å². The van der Waals surface area contributed by atoms with Gasteiger partial charge in [-0.15, -0.1) is 0 Å². The second kappa shape index (κ2) is 8.52. The van der Waals surface area contributed by atoms with Gasteiger partial charge in [-0.25, -0.2) is 0 Å². The van der Waals surface area contributed by atoms with E-state index in [1.54, 1.807) is 42.5 Å². The van der Waals surface area contributed by atoms with E-state index in [4.69, 9.17) is 28.5 Å². The van der Waals surface area contributed by atoms with Crippen LogP contribution in [0.4, 0.5) is 11.4 Å². The van der Waals surface area contributed by atoms with Crippen LogP contribution in [0.1, 0.15) is 18.9 Å². The van der Waals surface area contributed by atoms with Crippen molar-refractivity contribution >= 4 is 46.4 Å². The fraction of sp³-hybridized carbons (Fsp3) is 0.167. The van der Waals surface area contributed by atoms with Crippen LogP contribution < -0.4 is 10.2 Å². The predicted octanol–water partition coefficient (Wildman–Crippen LogP) is 4.25. The lowest BCUT2D eigenvalue weighted by Crippen LogP contribution is -2.32. The van der Waals surface area contributed by atoms with Crippen molar-refractivity contribution in [1.82, 2.24) is 0 Å². The summed E-state index contributed by atoms with van der Waals surface area (Å²) in [6.07, 6.45) is 0.0857. The summed E-state index contributed by atoms with van der Waals surface area (Å²) < 4.78 is 0. The summed E-state index contributed by atoms with van der Waals surface area (Å²) >= 11 is 12.1. The number of anilines is 2. The average Bonchev–Trinajstić information content (AvgIpc) is 2.58. The first-order valence-electron chi connectivity index (χ1n) is 7.44. The molecule has 7 heteroatoms. The molecule has 25 heavy (non-hydrogen) atoms. The molecule has 0 heterocycles. The predicted molar refractivity (Wildman–Crippen MR) is 98.9 cm³/mol. The molecule has 2 rings (SSSR count). The fourth-order valence-electron chi connectivity index (χ4n) is 2.21. The van der Waals surface area contributed by atoms with E-state index in [0.717, 1.165) is 0 Å². The van der Waals surface area contributed by atoms with Crippen LogP contribution in [0.15, 0.2) is 42.5 Å². The summed E-state index contributed by atoms with van der Waals surface area (Å²) in [5, 5.41) is 12.3. The van der Waals surface area contributed by atoms with Crippen molar-refractivity contribution in [3.63, 3.8) is 0 Å². The maximum absolute atomic E-state index is 12.1. The van der Waals surface area contributed by atoms with E-state index in [0.29, 0.717) is 27.0 Å². The maximum atomic E-state index is 12.1. The highest BCUT2D eigenvalue weighted by molar-refractivity contribution is 6.35. The normalized spacial score (nSPS) is 10.0. The second-order valence-corrected chi connectivity index (χ2v) is 6.10. The third-order valence-corrected chi connectivity index (χ3v) is 3.99. The number of amides is 2. The average molecular weight is 376 g/mol. The second-order valence-electron chi connectivity index (χ2n) is 5.25. The molecule has 0 saturated carbocycles. The first kappa shape index (κ1) is 18.8. The molecule has 0 fully saturated rings. The Hall–Kier alpha value is -2.55. The van der Waals surface area contributed by atoms with Crippen LogP contribution in [-0.2, 0) is 9.59 Å². The molecule has 2 aromatic rings. The SMILES string of the molecule is CC(=O)N(CCC(=O)Nc1ccc(C#N)cc1)c1cc(Cl)ccc1Cl. The molecule has 2 aromatic carbocycles. The zero-order chi connectivity index (χ0) is 18.4. The number of hydrogen-bond donors (Lipinski definition) is 1. The number of benzene rings is 2. The highest BCUT2D eigenvalue weighted by Crippen LogP contribution is 2.29. The van der Waals surface area contributed by atoms with Gasteiger partial charge in [0, 0.05) is 30.6 Å². The van der Waals surface area contributed by atoms with Crippen molar-refractivity contribution in [2.45, 2.75) is 13.3 Å². The Bertz CT molecular complexity index is 829. The number of hydrogen-bond acceptors (Lipinski definition) is 3. The number of carbonyl (C=O) groups is 2. The van der Waals surface area contributed by atoms with E-state index in [1.165, 1.54) is 11.8 Å². The minimum Gasteiger partial charge on any atom is -0.326 e. The first-order chi connectivity index (χ1) is 11.9. The molecule has 0 aliphatic carbocycles. The number of carbonyl (C=O) groups excluding carboxylic acids is 2. The molecule has 0 unspecified atom stereocenters. The Labute approximate surface area is 155 Å². The molecular weight excluding hydrogens is 361 g/mol. The highest BCUT2D eigenvalue weighted by Gasteiger charge is 2.17. The summed E-state index contributed by atoms with van der Waals surface area (Å²) in [7, 11) is 0. The van der Waals surface area contributed by atoms with Gasteiger partial charge in [0.1, 0.15) is 0 Å². The molecular formula is C18H15Cl2N3O2. The van der Waals surface area contributed by atoms with Gasteiger partial charge in [0.25, 0.3) is 0 Å². The number of nitriles is 1. The van der Waals surface area contributed by atoms with Crippen molar-refractivity contribution in [2.24, 2.45) is 0 Å². The summed E-state index contributed by atoms with van der Waals surface area (Å²) in [6, 6.07) is 13.3. The number of halogens is 2. The van der Waals surface area contributed by atoms with Crippen molar-refractivity contribution in [3.05, 3.63) is 58.1 Å². The highest BCUT2D eigenvalue weighted by atomic mass is 35.5. The fourth-order valence-corrected chi connectivity index (χ4v) is 2.59. The smallest absolute Gasteiger partial charge is 0.226 e. The van der Waals surface area contributed by atoms with Crippen LogP contribution in [0.3, 0.4) is 0 Å². The van der Waals surface area contributed by atoms with Gasteiger partial charge < -0.3 is 10.2 Å². The molecule has 5 nitrogen and oxygen atoms in total. The van der Waals surface area contributed by atoms with Crippen molar-refractivity contribution < 1.29 is 9.59 Å². The van der Waals surface area contributed by atoms with Gasteiger partial charge in [0.05, 0.1) is 22.3 Å². The van der Waals surface area contributed by atoms with Gasteiger partial charge in [0.15, 0.2) is 0 Å². The van der Waals surface area contributed by atoms with E-state index in [-0.39, 0.29) is 24.8 Å². The summed E-state index contributed by atoms with van der Waals surface area (Å²) in [6.45, 7) is 1.56. The Morgan fingerprint density at radius 3 is 2.44 bits per heavy atom. The topological polar surface area (TPSA) is 73.2 Å². The van der Waals surface area contributed by atoms with Crippen molar-refractivity contribution in [2.75, 3.05) is 16.8 Å². The van der Waals surface area contributed by atoms with E-state index in [1.807, 2.05) is 6.07 Å². The van der Waals surface area contributed by atoms with Gasteiger partial charge in [-0.1, -0.05) is 23.2 Å². The third-order valence-electron chi connectivity index (χ3n) is 3.44. The Morgan fingerprint density at radius 1 is 1.16 bits per heavy atom. The number of nitrogens with one attached hydrogen (secondary N) is 1. The van der Waals surface area contributed by atoms with Crippen LogP contribution >= 0.6 is 23.2 Å². The lowest BCUT2D eigenvalue weighted by molar-refractivity contribution is -0.117. The molecule has 0 saturated heterocycles. The number of rotatable bonds is 5. The van der Waals surface area contributed by atoms with Gasteiger partial charge >= 0.3 is 0 Å². The standard InChI is InChI=1S/C18H15Cl2N3O2/c1-12(24)23(17-10-14(19)4-7-16(17)20)9-8-18(25)22-15-5-2-13(11-21)3-6-15/h2-7,10H,8-9H2,1H3,(H,22,25). The summed E-state index contributed by atoms with van der Waals surface area (Å²) in [4.78, 5) is 25.4. The van der Waals surface area contributed by atoms with Gasteiger partial charge in [0.2, 0.25) is 11.8 Å². The van der Waals surface area contributed by atoms with Gasteiger partial charge in [-0.3, -0.25) is 9.59 Å². The van der Waals surface area contributed by atoms with Crippen LogP contribution in [0.25, 0.3) is 0 Å². The Morgan fingerprint density at radius 2 is 1.84 bits per heavy atom. The quantitative estimate of drug-likeness (QED) is 0.848. The van der Waals surface area contributed by atoms with Crippen LogP contribution in [0, 0.1) is 11.3 Å². The lowest BCUT2D eigenvalue weighted by atomic mass is 10.2. The molecule has 0 aromatic heterocycles. The molecule has 0 aliphatic rings. The minimum atomic E-state index is -0.255. The Balaban J connectivity index is 2.03. The molecule has 0 atom stereocenters. The molecule has 1 N–H and O–H groups in total. The lowest BCUT2D eigenvalue weighted by Gasteiger charge is -2.22. The first-order valence-corrected chi connectivity index (χ1v) is 8.19. The summed E-state index contributed by atoms with van der Waals surface area (Å²) in [5.74, 6) is -0.496. The zero-order valence-corrected chi connectivity index (χ0v) is 14.9.